The number of furan rings is 1. The van der Waals surface area contributed by atoms with Gasteiger partial charge in [0.2, 0.25) is 5.91 Å². The van der Waals surface area contributed by atoms with Crippen LogP contribution in [0.5, 0.6) is 5.75 Å². The summed E-state index contributed by atoms with van der Waals surface area (Å²) in [6.07, 6.45) is 5.67. The van der Waals surface area contributed by atoms with E-state index in [-0.39, 0.29) is 17.4 Å². The molecule has 2 aliphatic carbocycles. The molecule has 0 aliphatic heterocycles. The Morgan fingerprint density at radius 1 is 1.36 bits per heavy atom. The van der Waals surface area contributed by atoms with Gasteiger partial charge in [-0.15, -0.1) is 0 Å². The average molecular weight is 341 g/mol. The molecule has 2 aliphatic rings. The highest BCUT2D eigenvalue weighted by atomic mass is 16.5. The van der Waals surface area contributed by atoms with Gasteiger partial charge in [-0.25, -0.2) is 0 Å². The molecule has 0 unspecified atom stereocenters. The van der Waals surface area contributed by atoms with Crippen molar-refractivity contribution in [3.05, 3.63) is 30.0 Å². The van der Waals surface area contributed by atoms with Crippen molar-refractivity contribution in [2.45, 2.75) is 52.5 Å². The lowest BCUT2D eigenvalue weighted by Gasteiger charge is -2.39. The lowest BCUT2D eigenvalue weighted by atomic mass is 9.69. The van der Waals surface area contributed by atoms with Crippen LogP contribution in [0.1, 0.15) is 45.6 Å². The van der Waals surface area contributed by atoms with Crippen LogP contribution in [0.4, 0.5) is 0 Å². The fraction of sp³-hybridized carbons (Fsp3) is 0.571. The second-order valence-corrected chi connectivity index (χ2v) is 8.53. The summed E-state index contributed by atoms with van der Waals surface area (Å²) in [6, 6.07) is 6.00. The molecule has 4 rings (SSSR count). The third-order valence-electron chi connectivity index (χ3n) is 7.34. The van der Waals surface area contributed by atoms with E-state index >= 15 is 0 Å². The highest BCUT2D eigenvalue weighted by Gasteiger charge is 2.61. The molecule has 3 atom stereocenters. The van der Waals surface area contributed by atoms with Gasteiger partial charge in [-0.05, 0) is 48.1 Å². The Balaban J connectivity index is 1.49. The SMILES string of the molecule is COc1ccc2c(CC(=O)N[C@@H]3C[C@@H]4CC[C@@]3(C)C4(C)C)coc2c1. The maximum Gasteiger partial charge on any atom is 0.224 e. The minimum Gasteiger partial charge on any atom is -0.497 e. The highest BCUT2D eigenvalue weighted by molar-refractivity contribution is 5.88. The molecule has 1 N–H and O–H groups in total. The van der Waals surface area contributed by atoms with Gasteiger partial charge in [-0.1, -0.05) is 20.8 Å². The summed E-state index contributed by atoms with van der Waals surface area (Å²) in [6.45, 7) is 7.09. The fourth-order valence-corrected chi connectivity index (χ4v) is 5.17. The molecule has 4 nitrogen and oxygen atoms in total. The number of ether oxygens (including phenoxy) is 1. The smallest absolute Gasteiger partial charge is 0.224 e. The van der Waals surface area contributed by atoms with Gasteiger partial charge < -0.3 is 14.5 Å². The minimum absolute atomic E-state index is 0.0908. The number of nitrogens with one attached hydrogen (secondary N) is 1. The Kier molecular flexibility index (Phi) is 3.64. The second-order valence-electron chi connectivity index (χ2n) is 8.53. The third kappa shape index (κ3) is 2.37. The number of rotatable bonds is 4. The molecule has 0 saturated heterocycles. The molecule has 1 amide bonds. The van der Waals surface area contributed by atoms with Crippen LogP contribution in [0.25, 0.3) is 11.0 Å². The standard InChI is InChI=1S/C21H27NO3/c1-20(2)14-7-8-21(20,3)18(10-14)22-19(23)9-13-12-25-17-11-15(24-4)5-6-16(13)17/h5-6,11-12,14,18H,7-10H2,1-4H3,(H,22,23)/t14-,18+,21+/m0/s1. The molecule has 1 heterocycles. The van der Waals surface area contributed by atoms with Crippen molar-refractivity contribution in [3.63, 3.8) is 0 Å². The zero-order valence-electron chi connectivity index (χ0n) is 15.5. The first-order valence-electron chi connectivity index (χ1n) is 9.18. The molecule has 0 spiro atoms. The van der Waals surface area contributed by atoms with Crippen LogP contribution in [0.3, 0.4) is 0 Å². The Labute approximate surface area is 148 Å². The monoisotopic (exact) mass is 341 g/mol. The van der Waals surface area contributed by atoms with E-state index in [0.29, 0.717) is 11.8 Å². The Morgan fingerprint density at radius 3 is 2.80 bits per heavy atom. The first-order chi connectivity index (χ1) is 11.8. The molecule has 1 aromatic carbocycles. The molecule has 1 aromatic heterocycles. The van der Waals surface area contributed by atoms with E-state index in [0.717, 1.165) is 34.6 Å². The van der Waals surface area contributed by atoms with Crippen LogP contribution in [0.15, 0.2) is 28.9 Å². The number of methoxy groups -OCH3 is 1. The Hall–Kier alpha value is -1.97. The number of carbonyl (C=O) groups is 1. The molecule has 4 heteroatoms. The first-order valence-corrected chi connectivity index (χ1v) is 9.18. The molecule has 2 saturated carbocycles. The van der Waals surface area contributed by atoms with Gasteiger partial charge >= 0.3 is 0 Å². The van der Waals surface area contributed by atoms with Crippen LogP contribution in [0.2, 0.25) is 0 Å². The lowest BCUT2D eigenvalue weighted by Crippen LogP contribution is -2.47. The zero-order chi connectivity index (χ0) is 17.8. The molecule has 25 heavy (non-hydrogen) atoms. The number of carbonyl (C=O) groups excluding carboxylic acids is 1. The number of hydrogen-bond acceptors (Lipinski definition) is 3. The third-order valence-corrected chi connectivity index (χ3v) is 7.34. The number of benzene rings is 1. The molecule has 2 aromatic rings. The van der Waals surface area contributed by atoms with Gasteiger partial charge in [0.1, 0.15) is 11.3 Å². The minimum atomic E-state index is 0.0908. The van der Waals surface area contributed by atoms with E-state index in [2.05, 4.69) is 26.1 Å². The summed E-state index contributed by atoms with van der Waals surface area (Å²) in [7, 11) is 1.63. The van der Waals surface area contributed by atoms with Crippen molar-refractivity contribution >= 4 is 16.9 Å². The average Bonchev–Trinajstić information content (AvgIpc) is 3.13. The maximum absolute atomic E-state index is 12.7. The Morgan fingerprint density at radius 2 is 2.16 bits per heavy atom. The summed E-state index contributed by atoms with van der Waals surface area (Å²) < 4.78 is 10.8. The van der Waals surface area contributed by atoms with Crippen molar-refractivity contribution in [2.75, 3.05) is 7.11 Å². The van der Waals surface area contributed by atoms with Crippen LogP contribution in [0, 0.1) is 16.7 Å². The van der Waals surface area contributed by atoms with E-state index in [9.17, 15) is 4.79 Å². The molecule has 134 valence electrons. The van der Waals surface area contributed by atoms with Crippen LogP contribution in [-0.2, 0) is 11.2 Å². The van der Waals surface area contributed by atoms with Crippen molar-refractivity contribution in [1.82, 2.24) is 5.32 Å². The predicted octanol–water partition coefficient (Wildman–Crippen LogP) is 4.31. The van der Waals surface area contributed by atoms with E-state index < -0.39 is 0 Å². The largest absolute Gasteiger partial charge is 0.497 e. The van der Waals surface area contributed by atoms with Crippen molar-refractivity contribution in [2.24, 2.45) is 16.7 Å². The maximum atomic E-state index is 12.7. The Bertz CT molecular complexity index is 822. The quantitative estimate of drug-likeness (QED) is 0.901. The molecule has 0 radical (unpaired) electrons. The molecule has 2 bridgehead atoms. The van der Waals surface area contributed by atoms with Crippen molar-refractivity contribution in [1.29, 1.82) is 0 Å². The molecular weight excluding hydrogens is 314 g/mol. The van der Waals surface area contributed by atoms with Crippen molar-refractivity contribution < 1.29 is 13.9 Å². The predicted molar refractivity (Wildman–Crippen MR) is 97.6 cm³/mol. The topological polar surface area (TPSA) is 51.5 Å². The first kappa shape index (κ1) is 16.5. The van der Waals surface area contributed by atoms with Gasteiger partial charge in [0, 0.05) is 23.1 Å². The number of fused-ring (bicyclic) bond motifs is 3. The van der Waals surface area contributed by atoms with Gasteiger partial charge in [-0.3, -0.25) is 4.79 Å². The second kappa shape index (κ2) is 5.52. The lowest BCUT2D eigenvalue weighted by molar-refractivity contribution is -0.122. The van der Waals surface area contributed by atoms with Crippen LogP contribution < -0.4 is 10.1 Å². The van der Waals surface area contributed by atoms with Crippen LogP contribution >= 0.6 is 0 Å². The van der Waals surface area contributed by atoms with Gasteiger partial charge in [0.15, 0.2) is 0 Å². The summed E-state index contributed by atoms with van der Waals surface area (Å²) in [5.74, 6) is 1.58. The van der Waals surface area contributed by atoms with Gasteiger partial charge in [0.25, 0.3) is 0 Å². The van der Waals surface area contributed by atoms with Gasteiger partial charge in [0.05, 0.1) is 19.8 Å². The van der Waals surface area contributed by atoms with E-state index in [1.807, 2.05) is 18.2 Å². The number of hydrogen-bond donors (Lipinski definition) is 1. The fourth-order valence-electron chi connectivity index (χ4n) is 5.17. The molecule has 2 fully saturated rings. The molecular formula is C21H27NO3. The van der Waals surface area contributed by atoms with Gasteiger partial charge in [-0.2, -0.15) is 0 Å². The summed E-state index contributed by atoms with van der Waals surface area (Å²) in [5.41, 5.74) is 2.21. The van der Waals surface area contributed by atoms with Crippen LogP contribution in [-0.4, -0.2) is 19.1 Å². The summed E-state index contributed by atoms with van der Waals surface area (Å²) >= 11 is 0. The number of amides is 1. The van der Waals surface area contributed by atoms with Crippen molar-refractivity contribution in [3.8, 4) is 5.75 Å². The van der Waals surface area contributed by atoms with E-state index in [1.54, 1.807) is 13.4 Å². The van der Waals surface area contributed by atoms with E-state index in [4.69, 9.17) is 9.15 Å². The summed E-state index contributed by atoms with van der Waals surface area (Å²) in [4.78, 5) is 12.7. The normalized spacial score (nSPS) is 29.9. The summed E-state index contributed by atoms with van der Waals surface area (Å²) in [5, 5.41) is 4.31. The highest BCUT2D eigenvalue weighted by Crippen LogP contribution is 2.65. The zero-order valence-corrected chi connectivity index (χ0v) is 15.5. The van der Waals surface area contributed by atoms with E-state index in [1.165, 1.54) is 12.8 Å².